The van der Waals surface area contributed by atoms with Gasteiger partial charge in [0.05, 0.1) is 17.4 Å². The number of fused-ring (bicyclic) bond motifs is 3. The van der Waals surface area contributed by atoms with Crippen LogP contribution in [0.3, 0.4) is 0 Å². The molecular formula is C24H26F2N6O. The van der Waals surface area contributed by atoms with E-state index in [1.807, 2.05) is 30.5 Å². The summed E-state index contributed by atoms with van der Waals surface area (Å²) in [6.07, 6.45) is 7.39. The summed E-state index contributed by atoms with van der Waals surface area (Å²) >= 11 is 0. The average Bonchev–Trinajstić information content (AvgIpc) is 3.33. The number of hydrogen-bond acceptors (Lipinski definition) is 6. The maximum absolute atomic E-state index is 14.3. The van der Waals surface area contributed by atoms with Crippen LogP contribution in [0.15, 0.2) is 42.7 Å². The highest BCUT2D eigenvalue weighted by Gasteiger charge is 2.53. The lowest BCUT2D eigenvalue weighted by atomic mass is 9.97. The molecule has 7 nitrogen and oxygen atoms in total. The van der Waals surface area contributed by atoms with E-state index in [4.69, 9.17) is 0 Å². The second-order valence-electron chi connectivity index (χ2n) is 9.39. The number of aromatic hydroxyl groups is 1. The number of benzene rings is 1. The molecule has 33 heavy (non-hydrogen) atoms. The summed E-state index contributed by atoms with van der Waals surface area (Å²) in [5, 5.41) is 27.0. The predicted molar refractivity (Wildman–Crippen MR) is 120 cm³/mol. The molecule has 172 valence electrons. The van der Waals surface area contributed by atoms with Gasteiger partial charge in [-0.15, -0.1) is 10.2 Å². The Balaban J connectivity index is 1.30. The van der Waals surface area contributed by atoms with Crippen LogP contribution in [0.4, 0.5) is 14.6 Å². The van der Waals surface area contributed by atoms with Crippen LogP contribution in [0.5, 0.6) is 5.75 Å². The molecule has 1 unspecified atom stereocenters. The number of piperidine rings is 1. The summed E-state index contributed by atoms with van der Waals surface area (Å²) in [6.45, 7) is 0.806. The average molecular weight is 453 g/mol. The van der Waals surface area contributed by atoms with Crippen molar-refractivity contribution in [3.63, 3.8) is 0 Å². The van der Waals surface area contributed by atoms with E-state index in [1.165, 1.54) is 0 Å². The molecule has 2 N–H and O–H groups in total. The van der Waals surface area contributed by atoms with Crippen molar-refractivity contribution in [3.8, 4) is 22.7 Å². The SMILES string of the molecule is Oc1cc(-n2cccn2)ccc1-c1cc2c(nn1)N([C@H]1CC3N[C@@H](C1)CC3(F)F)CCCC2. The Morgan fingerprint density at radius 3 is 2.82 bits per heavy atom. The Morgan fingerprint density at radius 1 is 1.12 bits per heavy atom. The maximum atomic E-state index is 14.3. The predicted octanol–water partition coefficient (Wildman–Crippen LogP) is 3.71. The molecule has 2 bridgehead atoms. The fourth-order valence-electron chi connectivity index (χ4n) is 5.62. The van der Waals surface area contributed by atoms with Crippen molar-refractivity contribution in [2.24, 2.45) is 0 Å². The van der Waals surface area contributed by atoms with Gasteiger partial charge in [0.2, 0.25) is 0 Å². The number of rotatable bonds is 3. The van der Waals surface area contributed by atoms with Gasteiger partial charge in [0.25, 0.3) is 5.92 Å². The molecular weight excluding hydrogens is 426 g/mol. The number of phenols is 1. The summed E-state index contributed by atoms with van der Waals surface area (Å²) in [5.41, 5.74) is 3.03. The van der Waals surface area contributed by atoms with Gasteiger partial charge in [0.15, 0.2) is 5.82 Å². The van der Waals surface area contributed by atoms with Gasteiger partial charge in [0, 0.05) is 49.1 Å². The number of phenolic OH excluding ortho intramolecular Hbond substituents is 1. The van der Waals surface area contributed by atoms with Crippen molar-refractivity contribution in [2.75, 3.05) is 11.4 Å². The first-order chi connectivity index (χ1) is 16.0. The first-order valence-corrected chi connectivity index (χ1v) is 11.6. The van der Waals surface area contributed by atoms with E-state index in [1.54, 1.807) is 16.9 Å². The zero-order valence-corrected chi connectivity index (χ0v) is 18.2. The third kappa shape index (κ3) is 3.64. The molecule has 2 fully saturated rings. The molecule has 0 aliphatic carbocycles. The molecule has 0 saturated carbocycles. The quantitative estimate of drug-likeness (QED) is 0.631. The van der Waals surface area contributed by atoms with E-state index in [0.717, 1.165) is 42.9 Å². The number of hydrogen-bond donors (Lipinski definition) is 2. The number of aromatic nitrogens is 4. The zero-order valence-electron chi connectivity index (χ0n) is 18.2. The van der Waals surface area contributed by atoms with Crippen molar-refractivity contribution in [1.29, 1.82) is 0 Å². The van der Waals surface area contributed by atoms with Crippen molar-refractivity contribution in [2.45, 2.75) is 62.6 Å². The minimum absolute atomic E-state index is 0.0355. The van der Waals surface area contributed by atoms with Gasteiger partial charge < -0.3 is 15.3 Å². The molecule has 0 spiro atoms. The highest BCUT2D eigenvalue weighted by Crippen LogP contribution is 2.42. The summed E-state index contributed by atoms with van der Waals surface area (Å²) in [5.74, 6) is -1.72. The largest absolute Gasteiger partial charge is 0.507 e. The molecule has 0 radical (unpaired) electrons. The fraction of sp³-hybridized carbons (Fsp3) is 0.458. The van der Waals surface area contributed by atoms with Crippen molar-refractivity contribution >= 4 is 5.82 Å². The van der Waals surface area contributed by atoms with Gasteiger partial charge in [-0.25, -0.2) is 13.5 Å². The Hall–Kier alpha value is -3.07. The standard InChI is InChI=1S/C24H26F2N6O/c25-24(26)14-16-11-18(13-22(24)28-16)31-8-2-1-4-15-10-20(29-30-23(15)31)19-6-5-17(12-21(19)33)32-9-3-7-27-32/h3,5-7,9-10,12,16,18,22,28,33H,1-2,4,8,11,13-14H2/t16-,18+,22?/m0/s1. The molecule has 0 amide bonds. The van der Waals surface area contributed by atoms with Crippen LogP contribution in [-0.2, 0) is 6.42 Å². The Kier molecular flexibility index (Phi) is 4.83. The minimum Gasteiger partial charge on any atom is -0.507 e. The van der Waals surface area contributed by atoms with E-state index >= 15 is 0 Å². The number of aryl methyl sites for hydroxylation is 1. The third-order valence-electron chi connectivity index (χ3n) is 7.21. The monoisotopic (exact) mass is 452 g/mol. The summed E-state index contributed by atoms with van der Waals surface area (Å²) in [7, 11) is 0. The lowest BCUT2D eigenvalue weighted by Gasteiger charge is -2.38. The molecule has 5 heterocycles. The van der Waals surface area contributed by atoms with E-state index in [2.05, 4.69) is 25.5 Å². The minimum atomic E-state index is -2.64. The van der Waals surface area contributed by atoms with E-state index in [0.29, 0.717) is 24.1 Å². The number of anilines is 1. The molecule has 3 aliphatic rings. The second kappa shape index (κ2) is 7.76. The van der Waals surface area contributed by atoms with Crippen LogP contribution in [0.1, 0.15) is 37.7 Å². The second-order valence-corrected chi connectivity index (χ2v) is 9.39. The van der Waals surface area contributed by atoms with Crippen LogP contribution in [0.2, 0.25) is 0 Å². The molecule has 3 atom stereocenters. The lowest BCUT2D eigenvalue weighted by Crippen LogP contribution is -2.51. The van der Waals surface area contributed by atoms with Crippen LogP contribution >= 0.6 is 0 Å². The van der Waals surface area contributed by atoms with Crippen LogP contribution < -0.4 is 10.2 Å². The normalized spacial score (nSPS) is 26.1. The first-order valence-electron chi connectivity index (χ1n) is 11.6. The van der Waals surface area contributed by atoms with Gasteiger partial charge in [-0.05, 0) is 61.9 Å². The lowest BCUT2D eigenvalue weighted by molar-refractivity contribution is -0.0129. The van der Waals surface area contributed by atoms with Gasteiger partial charge >= 0.3 is 0 Å². The van der Waals surface area contributed by atoms with Gasteiger partial charge in [-0.2, -0.15) is 5.10 Å². The van der Waals surface area contributed by atoms with E-state index in [9.17, 15) is 13.9 Å². The van der Waals surface area contributed by atoms with Gasteiger partial charge in [0.1, 0.15) is 5.75 Å². The molecule has 3 aliphatic heterocycles. The molecule has 6 rings (SSSR count). The van der Waals surface area contributed by atoms with Crippen molar-refractivity contribution < 1.29 is 13.9 Å². The summed E-state index contributed by atoms with van der Waals surface area (Å²) in [4.78, 5) is 2.21. The number of nitrogens with zero attached hydrogens (tertiary/aromatic N) is 5. The Bertz CT molecular complexity index is 1170. The fourth-order valence-corrected chi connectivity index (χ4v) is 5.62. The smallest absolute Gasteiger partial charge is 0.264 e. The maximum Gasteiger partial charge on any atom is 0.264 e. The molecule has 2 saturated heterocycles. The van der Waals surface area contributed by atoms with Gasteiger partial charge in [-0.1, -0.05) is 0 Å². The van der Waals surface area contributed by atoms with Crippen LogP contribution in [-0.4, -0.2) is 55.7 Å². The summed E-state index contributed by atoms with van der Waals surface area (Å²) in [6, 6.07) is 8.31. The number of nitrogens with one attached hydrogen (secondary N) is 1. The highest BCUT2D eigenvalue weighted by atomic mass is 19.3. The van der Waals surface area contributed by atoms with Crippen LogP contribution in [0, 0.1) is 0 Å². The number of halogens is 2. The molecule has 9 heteroatoms. The van der Waals surface area contributed by atoms with Crippen LogP contribution in [0.25, 0.3) is 16.9 Å². The Morgan fingerprint density at radius 2 is 2.03 bits per heavy atom. The molecule has 2 aromatic heterocycles. The zero-order chi connectivity index (χ0) is 22.6. The van der Waals surface area contributed by atoms with Crippen molar-refractivity contribution in [3.05, 3.63) is 48.3 Å². The highest BCUT2D eigenvalue weighted by molar-refractivity contribution is 5.70. The third-order valence-corrected chi connectivity index (χ3v) is 7.21. The summed E-state index contributed by atoms with van der Waals surface area (Å²) < 4.78 is 30.2. The molecule has 3 aromatic rings. The van der Waals surface area contributed by atoms with Crippen molar-refractivity contribution in [1.82, 2.24) is 25.3 Å². The van der Waals surface area contributed by atoms with E-state index in [-0.39, 0.29) is 24.3 Å². The number of alkyl halides is 2. The van der Waals surface area contributed by atoms with E-state index < -0.39 is 12.0 Å². The Labute approximate surface area is 190 Å². The molecule has 1 aromatic carbocycles. The first kappa shape index (κ1) is 20.5. The van der Waals surface area contributed by atoms with Gasteiger partial charge in [-0.3, -0.25) is 0 Å². The topological polar surface area (TPSA) is 79.1 Å².